The van der Waals surface area contributed by atoms with Crippen LogP contribution in [0.3, 0.4) is 0 Å². The van der Waals surface area contributed by atoms with Crippen LogP contribution >= 0.6 is 0 Å². The molecule has 0 fully saturated rings. The summed E-state index contributed by atoms with van der Waals surface area (Å²) in [7, 11) is 1.50. The number of nitrogens with one attached hydrogen (secondary N) is 2. The van der Waals surface area contributed by atoms with Gasteiger partial charge in [0.1, 0.15) is 5.75 Å². The molecule has 2 amide bonds. The van der Waals surface area contributed by atoms with Gasteiger partial charge in [-0.05, 0) is 30.7 Å². The van der Waals surface area contributed by atoms with Crippen molar-refractivity contribution in [2.75, 3.05) is 12.4 Å². The van der Waals surface area contributed by atoms with Crippen molar-refractivity contribution in [3.63, 3.8) is 0 Å². The SMILES string of the molecule is COc1ccc(NC(C)=O)cc1C(=O)NCc1ccc(C)cc1. The number of anilines is 1. The van der Waals surface area contributed by atoms with Crippen LogP contribution in [-0.2, 0) is 11.3 Å². The Kier molecular flexibility index (Phi) is 5.36. The molecular formula is C18H20N2O3. The Hall–Kier alpha value is -2.82. The van der Waals surface area contributed by atoms with Crippen LogP contribution < -0.4 is 15.4 Å². The summed E-state index contributed by atoms with van der Waals surface area (Å²) in [4.78, 5) is 23.5. The standard InChI is InChI=1S/C18H20N2O3/c1-12-4-6-14(7-5-12)11-19-18(22)16-10-15(20-13(2)21)8-9-17(16)23-3/h4-10H,11H2,1-3H3,(H,19,22)(H,20,21). The third-order valence-corrected chi connectivity index (χ3v) is 3.34. The van der Waals surface area contributed by atoms with Crippen molar-refractivity contribution in [2.24, 2.45) is 0 Å². The van der Waals surface area contributed by atoms with Gasteiger partial charge in [0.05, 0.1) is 12.7 Å². The number of benzene rings is 2. The zero-order chi connectivity index (χ0) is 16.8. The van der Waals surface area contributed by atoms with Gasteiger partial charge in [-0.2, -0.15) is 0 Å². The fraction of sp³-hybridized carbons (Fsp3) is 0.222. The van der Waals surface area contributed by atoms with Crippen molar-refractivity contribution in [1.29, 1.82) is 0 Å². The van der Waals surface area contributed by atoms with E-state index in [4.69, 9.17) is 4.74 Å². The monoisotopic (exact) mass is 312 g/mol. The highest BCUT2D eigenvalue weighted by molar-refractivity contribution is 5.99. The van der Waals surface area contributed by atoms with Crippen LogP contribution in [0.4, 0.5) is 5.69 Å². The second-order valence-corrected chi connectivity index (χ2v) is 5.26. The van der Waals surface area contributed by atoms with E-state index >= 15 is 0 Å². The molecule has 0 bridgehead atoms. The lowest BCUT2D eigenvalue weighted by atomic mass is 10.1. The van der Waals surface area contributed by atoms with E-state index in [2.05, 4.69) is 10.6 Å². The highest BCUT2D eigenvalue weighted by Gasteiger charge is 2.13. The van der Waals surface area contributed by atoms with Crippen LogP contribution in [0.5, 0.6) is 5.75 Å². The number of ether oxygens (including phenoxy) is 1. The fourth-order valence-electron chi connectivity index (χ4n) is 2.15. The minimum Gasteiger partial charge on any atom is -0.496 e. The van der Waals surface area contributed by atoms with E-state index in [9.17, 15) is 9.59 Å². The molecule has 0 atom stereocenters. The van der Waals surface area contributed by atoms with Crippen molar-refractivity contribution in [1.82, 2.24) is 5.32 Å². The number of carbonyl (C=O) groups is 2. The summed E-state index contributed by atoms with van der Waals surface area (Å²) in [6.45, 7) is 3.86. The Morgan fingerprint density at radius 2 is 1.78 bits per heavy atom. The van der Waals surface area contributed by atoms with Crippen LogP contribution in [0.15, 0.2) is 42.5 Å². The Labute approximate surface area is 135 Å². The lowest BCUT2D eigenvalue weighted by Gasteiger charge is -2.11. The van der Waals surface area contributed by atoms with E-state index in [1.165, 1.54) is 19.6 Å². The number of amides is 2. The molecule has 0 aliphatic rings. The molecule has 0 spiro atoms. The fourth-order valence-corrected chi connectivity index (χ4v) is 2.15. The molecular weight excluding hydrogens is 292 g/mol. The van der Waals surface area contributed by atoms with Gasteiger partial charge in [0, 0.05) is 19.2 Å². The summed E-state index contributed by atoms with van der Waals surface area (Å²) in [6.07, 6.45) is 0. The van der Waals surface area contributed by atoms with E-state index in [0.717, 1.165) is 5.56 Å². The second kappa shape index (κ2) is 7.45. The van der Waals surface area contributed by atoms with Crippen LogP contribution in [0.2, 0.25) is 0 Å². The number of methoxy groups -OCH3 is 1. The summed E-state index contributed by atoms with van der Waals surface area (Å²) in [6, 6.07) is 12.9. The smallest absolute Gasteiger partial charge is 0.255 e. The van der Waals surface area contributed by atoms with Crippen LogP contribution in [0, 0.1) is 6.92 Å². The zero-order valence-corrected chi connectivity index (χ0v) is 13.5. The molecule has 120 valence electrons. The summed E-state index contributed by atoms with van der Waals surface area (Å²) in [5, 5.41) is 5.52. The van der Waals surface area contributed by atoms with Gasteiger partial charge in [0.15, 0.2) is 0 Å². The van der Waals surface area contributed by atoms with Crippen LogP contribution in [0.1, 0.15) is 28.4 Å². The maximum absolute atomic E-state index is 12.4. The maximum Gasteiger partial charge on any atom is 0.255 e. The van der Waals surface area contributed by atoms with Gasteiger partial charge in [-0.1, -0.05) is 29.8 Å². The summed E-state index contributed by atoms with van der Waals surface area (Å²) in [5.41, 5.74) is 3.12. The normalized spacial score (nSPS) is 10.0. The predicted molar refractivity (Wildman–Crippen MR) is 89.6 cm³/mol. The molecule has 0 saturated heterocycles. The van der Waals surface area contributed by atoms with Gasteiger partial charge in [-0.3, -0.25) is 9.59 Å². The van der Waals surface area contributed by atoms with Crippen molar-refractivity contribution >= 4 is 17.5 Å². The number of carbonyl (C=O) groups excluding carboxylic acids is 2. The Morgan fingerprint density at radius 3 is 2.39 bits per heavy atom. The van der Waals surface area contributed by atoms with Crippen molar-refractivity contribution < 1.29 is 14.3 Å². The molecule has 2 aromatic carbocycles. The van der Waals surface area contributed by atoms with Gasteiger partial charge in [0.2, 0.25) is 5.91 Å². The molecule has 5 heteroatoms. The number of aryl methyl sites for hydroxylation is 1. The first-order chi connectivity index (χ1) is 11.0. The first kappa shape index (κ1) is 16.5. The predicted octanol–water partition coefficient (Wildman–Crippen LogP) is 2.89. The maximum atomic E-state index is 12.4. The third-order valence-electron chi connectivity index (χ3n) is 3.34. The average Bonchev–Trinajstić information content (AvgIpc) is 2.53. The summed E-state index contributed by atoms with van der Waals surface area (Å²) >= 11 is 0. The first-order valence-corrected chi connectivity index (χ1v) is 7.29. The van der Waals surface area contributed by atoms with E-state index in [0.29, 0.717) is 23.5 Å². The van der Waals surface area contributed by atoms with Gasteiger partial charge >= 0.3 is 0 Å². The molecule has 2 aromatic rings. The summed E-state index contributed by atoms with van der Waals surface area (Å²) < 4.78 is 5.22. The Morgan fingerprint density at radius 1 is 1.09 bits per heavy atom. The molecule has 0 heterocycles. The largest absolute Gasteiger partial charge is 0.496 e. The summed E-state index contributed by atoms with van der Waals surface area (Å²) in [5.74, 6) is 0.0105. The van der Waals surface area contributed by atoms with E-state index < -0.39 is 0 Å². The molecule has 0 unspecified atom stereocenters. The van der Waals surface area contributed by atoms with Gasteiger partial charge in [-0.25, -0.2) is 0 Å². The van der Waals surface area contributed by atoms with Crippen molar-refractivity contribution in [3.05, 3.63) is 59.2 Å². The molecule has 0 aliphatic heterocycles. The molecule has 0 saturated carbocycles. The van der Waals surface area contributed by atoms with Crippen molar-refractivity contribution in [2.45, 2.75) is 20.4 Å². The lowest BCUT2D eigenvalue weighted by Crippen LogP contribution is -2.23. The van der Waals surface area contributed by atoms with E-state index in [1.54, 1.807) is 18.2 Å². The average molecular weight is 312 g/mol. The zero-order valence-electron chi connectivity index (χ0n) is 13.5. The third kappa shape index (κ3) is 4.57. The number of hydrogen-bond donors (Lipinski definition) is 2. The van der Waals surface area contributed by atoms with E-state index in [-0.39, 0.29) is 11.8 Å². The molecule has 23 heavy (non-hydrogen) atoms. The van der Waals surface area contributed by atoms with E-state index in [1.807, 2.05) is 31.2 Å². The number of rotatable bonds is 5. The van der Waals surface area contributed by atoms with Gasteiger partial charge in [0.25, 0.3) is 5.91 Å². The molecule has 0 aliphatic carbocycles. The molecule has 5 nitrogen and oxygen atoms in total. The first-order valence-electron chi connectivity index (χ1n) is 7.29. The molecule has 2 rings (SSSR count). The molecule has 0 radical (unpaired) electrons. The Bertz CT molecular complexity index is 709. The minimum absolute atomic E-state index is 0.193. The lowest BCUT2D eigenvalue weighted by molar-refractivity contribution is -0.114. The quantitative estimate of drug-likeness (QED) is 0.892. The topological polar surface area (TPSA) is 67.4 Å². The highest BCUT2D eigenvalue weighted by Crippen LogP contribution is 2.22. The molecule has 2 N–H and O–H groups in total. The molecule has 0 aromatic heterocycles. The number of hydrogen-bond acceptors (Lipinski definition) is 3. The van der Waals surface area contributed by atoms with Crippen LogP contribution in [0.25, 0.3) is 0 Å². The minimum atomic E-state index is -0.255. The van der Waals surface area contributed by atoms with Gasteiger partial charge in [-0.15, -0.1) is 0 Å². The van der Waals surface area contributed by atoms with Gasteiger partial charge < -0.3 is 15.4 Å². The highest BCUT2D eigenvalue weighted by atomic mass is 16.5. The van der Waals surface area contributed by atoms with Crippen molar-refractivity contribution in [3.8, 4) is 5.75 Å². The second-order valence-electron chi connectivity index (χ2n) is 5.26. The Balaban J connectivity index is 2.13. The van der Waals surface area contributed by atoms with Crippen LogP contribution in [-0.4, -0.2) is 18.9 Å².